The van der Waals surface area contributed by atoms with Gasteiger partial charge in [0.05, 0.1) is 0 Å². The number of Topliss-reactive ketones (excluding diaryl/α,β-unsaturated/α-hetero) is 2. The van der Waals surface area contributed by atoms with Crippen LogP contribution in [0.15, 0.2) is 0 Å². The highest BCUT2D eigenvalue weighted by molar-refractivity contribution is 6.01. The van der Waals surface area contributed by atoms with Crippen molar-refractivity contribution in [1.82, 2.24) is 0 Å². The Balaban J connectivity index is 1.94. The van der Waals surface area contributed by atoms with Crippen LogP contribution in [0.4, 0.5) is 0 Å². The van der Waals surface area contributed by atoms with Gasteiger partial charge in [0, 0.05) is 23.7 Å². The fourth-order valence-electron chi connectivity index (χ4n) is 2.91. The van der Waals surface area contributed by atoms with Gasteiger partial charge in [0.2, 0.25) is 0 Å². The first-order chi connectivity index (χ1) is 5.79. The van der Waals surface area contributed by atoms with Crippen molar-refractivity contribution in [3.05, 3.63) is 0 Å². The van der Waals surface area contributed by atoms with E-state index in [0.717, 1.165) is 25.7 Å². The first-order valence-corrected chi connectivity index (χ1v) is 4.86. The molecule has 0 aromatic heterocycles. The molecule has 12 heavy (non-hydrogen) atoms. The van der Waals surface area contributed by atoms with Crippen molar-refractivity contribution in [3.63, 3.8) is 0 Å². The summed E-state index contributed by atoms with van der Waals surface area (Å²) in [6.45, 7) is 0. The van der Waals surface area contributed by atoms with Crippen LogP contribution in [0.2, 0.25) is 0 Å². The van der Waals surface area contributed by atoms with Gasteiger partial charge in [-0.1, -0.05) is 0 Å². The van der Waals surface area contributed by atoms with Crippen molar-refractivity contribution in [3.8, 4) is 0 Å². The lowest BCUT2D eigenvalue weighted by Crippen LogP contribution is -2.55. The second kappa shape index (κ2) is 1.98. The van der Waals surface area contributed by atoms with Crippen LogP contribution in [0.3, 0.4) is 0 Å². The van der Waals surface area contributed by atoms with Crippen LogP contribution in [0.25, 0.3) is 0 Å². The number of fused-ring (bicyclic) bond motifs is 2. The van der Waals surface area contributed by atoms with Crippen LogP contribution in [0.1, 0.15) is 25.7 Å². The second-order valence-electron chi connectivity index (χ2n) is 4.39. The molecule has 0 spiro atoms. The van der Waals surface area contributed by atoms with Gasteiger partial charge < -0.3 is 0 Å². The van der Waals surface area contributed by atoms with E-state index in [4.69, 9.17) is 0 Å². The zero-order valence-corrected chi connectivity index (χ0v) is 6.95. The molecule has 0 radical (unpaired) electrons. The smallest absolute Gasteiger partial charge is 0.140 e. The van der Waals surface area contributed by atoms with E-state index in [9.17, 15) is 9.59 Å². The molecule has 2 nitrogen and oxygen atoms in total. The number of hydrogen-bond donors (Lipinski definition) is 0. The summed E-state index contributed by atoms with van der Waals surface area (Å²) in [6, 6.07) is 0. The highest BCUT2D eigenvalue weighted by Crippen LogP contribution is 2.51. The lowest BCUT2D eigenvalue weighted by Gasteiger charge is -2.49. The maximum atomic E-state index is 11.6. The fraction of sp³-hybridized carbons (Fsp3) is 0.800. The predicted octanol–water partition coefficient (Wildman–Crippen LogP) is 1.19. The van der Waals surface area contributed by atoms with Crippen LogP contribution in [-0.4, -0.2) is 11.6 Å². The standard InChI is InChI=1S/C10H12O2/c11-9-5-1-2-6(5)10(12)8-4-3-7(8)9/h5-8H,1-4H2. The Morgan fingerprint density at radius 3 is 1.08 bits per heavy atom. The summed E-state index contributed by atoms with van der Waals surface area (Å²) >= 11 is 0. The lowest BCUT2D eigenvalue weighted by atomic mass is 9.52. The van der Waals surface area contributed by atoms with Crippen LogP contribution in [0.5, 0.6) is 0 Å². The van der Waals surface area contributed by atoms with Crippen molar-refractivity contribution >= 4 is 11.6 Å². The minimum Gasteiger partial charge on any atom is -0.299 e. The quantitative estimate of drug-likeness (QED) is 0.539. The third kappa shape index (κ3) is 0.584. The van der Waals surface area contributed by atoms with E-state index in [-0.39, 0.29) is 23.7 Å². The zero-order valence-electron chi connectivity index (χ0n) is 6.95. The first kappa shape index (κ1) is 6.81. The summed E-state index contributed by atoms with van der Waals surface area (Å²) in [7, 11) is 0. The van der Waals surface area contributed by atoms with Gasteiger partial charge in [-0.15, -0.1) is 0 Å². The Bertz CT molecular complexity index is 217. The molecule has 3 fully saturated rings. The van der Waals surface area contributed by atoms with Gasteiger partial charge in [-0.2, -0.15) is 0 Å². The maximum absolute atomic E-state index is 11.6. The summed E-state index contributed by atoms with van der Waals surface area (Å²) in [6.07, 6.45) is 3.94. The summed E-state index contributed by atoms with van der Waals surface area (Å²) in [5.74, 6) is 1.44. The molecule has 0 aliphatic heterocycles. The van der Waals surface area contributed by atoms with E-state index >= 15 is 0 Å². The lowest BCUT2D eigenvalue weighted by molar-refractivity contribution is -0.159. The molecule has 3 rings (SSSR count). The number of carbonyl (C=O) groups excluding carboxylic acids is 2. The van der Waals surface area contributed by atoms with Gasteiger partial charge in [-0.3, -0.25) is 9.59 Å². The molecule has 0 bridgehead atoms. The molecule has 0 aromatic rings. The zero-order chi connectivity index (χ0) is 8.29. The molecule has 0 heterocycles. The van der Waals surface area contributed by atoms with E-state index in [1.54, 1.807) is 0 Å². The van der Waals surface area contributed by atoms with Gasteiger partial charge in [0.25, 0.3) is 0 Å². The molecule has 0 amide bonds. The first-order valence-electron chi connectivity index (χ1n) is 4.86. The van der Waals surface area contributed by atoms with Gasteiger partial charge in [-0.25, -0.2) is 0 Å². The summed E-state index contributed by atoms with van der Waals surface area (Å²) in [4.78, 5) is 23.3. The van der Waals surface area contributed by atoms with E-state index in [1.165, 1.54) is 0 Å². The molecule has 3 aliphatic rings. The number of hydrogen-bond acceptors (Lipinski definition) is 2. The topological polar surface area (TPSA) is 34.1 Å². The second-order valence-corrected chi connectivity index (χ2v) is 4.39. The van der Waals surface area contributed by atoms with Gasteiger partial charge >= 0.3 is 0 Å². The Hall–Kier alpha value is -0.660. The minimum atomic E-state index is 0.152. The third-order valence-electron chi connectivity index (χ3n) is 4.01. The fourth-order valence-corrected chi connectivity index (χ4v) is 2.91. The predicted molar refractivity (Wildman–Crippen MR) is 42.4 cm³/mol. The van der Waals surface area contributed by atoms with Crippen molar-refractivity contribution in [2.24, 2.45) is 23.7 Å². The number of rotatable bonds is 0. The van der Waals surface area contributed by atoms with Crippen LogP contribution >= 0.6 is 0 Å². The van der Waals surface area contributed by atoms with Crippen molar-refractivity contribution in [2.75, 3.05) is 0 Å². The molecule has 4 unspecified atom stereocenters. The highest BCUT2D eigenvalue weighted by atomic mass is 16.1. The summed E-state index contributed by atoms with van der Waals surface area (Å²) in [5.41, 5.74) is 0. The summed E-state index contributed by atoms with van der Waals surface area (Å²) < 4.78 is 0. The molecule has 64 valence electrons. The van der Waals surface area contributed by atoms with Gasteiger partial charge in [0.1, 0.15) is 11.6 Å². The maximum Gasteiger partial charge on any atom is 0.140 e. The molecule has 3 aliphatic carbocycles. The molecule has 2 heteroatoms. The molecule has 0 aromatic carbocycles. The van der Waals surface area contributed by atoms with E-state index in [2.05, 4.69) is 0 Å². The average molecular weight is 164 g/mol. The Kier molecular flexibility index (Phi) is 1.12. The molecule has 3 saturated carbocycles. The van der Waals surface area contributed by atoms with E-state index in [0.29, 0.717) is 11.6 Å². The Labute approximate surface area is 71.3 Å². The third-order valence-corrected chi connectivity index (χ3v) is 4.01. The highest BCUT2D eigenvalue weighted by Gasteiger charge is 2.56. The van der Waals surface area contributed by atoms with Gasteiger partial charge in [-0.05, 0) is 25.7 Å². The molecule has 0 N–H and O–H groups in total. The average Bonchev–Trinajstić information content (AvgIpc) is 1.78. The normalized spacial score (nSPS) is 50.3. The monoisotopic (exact) mass is 164 g/mol. The van der Waals surface area contributed by atoms with Gasteiger partial charge in [0.15, 0.2) is 0 Å². The van der Waals surface area contributed by atoms with Crippen LogP contribution in [-0.2, 0) is 9.59 Å². The Morgan fingerprint density at radius 1 is 0.667 bits per heavy atom. The van der Waals surface area contributed by atoms with Crippen LogP contribution in [0, 0.1) is 23.7 Å². The van der Waals surface area contributed by atoms with Crippen LogP contribution < -0.4 is 0 Å². The Morgan fingerprint density at radius 2 is 0.917 bits per heavy atom. The molecular weight excluding hydrogens is 152 g/mol. The van der Waals surface area contributed by atoms with Crippen molar-refractivity contribution < 1.29 is 9.59 Å². The van der Waals surface area contributed by atoms with E-state index in [1.807, 2.05) is 0 Å². The number of carbonyl (C=O) groups is 2. The van der Waals surface area contributed by atoms with Crippen molar-refractivity contribution in [1.29, 1.82) is 0 Å². The SMILES string of the molecule is O=C1C2CCC2C(=O)C2CCC12. The molecule has 0 saturated heterocycles. The summed E-state index contributed by atoms with van der Waals surface area (Å²) in [5, 5.41) is 0. The molecule has 4 atom stereocenters. The largest absolute Gasteiger partial charge is 0.299 e. The number of ketones is 2. The minimum absolute atomic E-state index is 0.152. The molecular formula is C10H12O2. The van der Waals surface area contributed by atoms with E-state index < -0.39 is 0 Å². The van der Waals surface area contributed by atoms with Crippen molar-refractivity contribution in [2.45, 2.75) is 25.7 Å².